The molecule has 3 nitrogen and oxygen atoms in total. The van der Waals surface area contributed by atoms with Crippen molar-refractivity contribution in [3.63, 3.8) is 0 Å². The molecular formula is C21H23BrN2O. The van der Waals surface area contributed by atoms with Gasteiger partial charge in [-0.25, -0.2) is 0 Å². The van der Waals surface area contributed by atoms with E-state index in [-0.39, 0.29) is 5.91 Å². The average molecular weight is 399 g/mol. The zero-order chi connectivity index (χ0) is 17.4. The number of nitrogens with zero attached hydrogens (tertiary/aromatic N) is 2. The maximum Gasteiger partial charge on any atom is 0.231 e. The smallest absolute Gasteiger partial charge is 0.231 e. The zero-order valence-corrected chi connectivity index (χ0v) is 16.1. The maximum absolute atomic E-state index is 12.5. The number of benzene rings is 2. The summed E-state index contributed by atoms with van der Waals surface area (Å²) < 4.78 is 1.12. The minimum Gasteiger partial charge on any atom is -0.309 e. The number of likely N-dealkylation sites (tertiary alicyclic amines) is 1. The molecule has 0 spiro atoms. The van der Waals surface area contributed by atoms with Crippen LogP contribution in [0, 0.1) is 0 Å². The van der Waals surface area contributed by atoms with E-state index in [1.807, 2.05) is 12.1 Å². The number of halogens is 1. The molecular weight excluding hydrogens is 376 g/mol. The Bertz CT molecular complexity index is 766. The van der Waals surface area contributed by atoms with Gasteiger partial charge in [0.15, 0.2) is 0 Å². The minimum atomic E-state index is 0.264. The van der Waals surface area contributed by atoms with Crippen LogP contribution in [0.1, 0.15) is 36.9 Å². The Kier molecular flexibility index (Phi) is 4.65. The third kappa shape index (κ3) is 3.25. The van der Waals surface area contributed by atoms with E-state index in [4.69, 9.17) is 0 Å². The summed E-state index contributed by atoms with van der Waals surface area (Å²) in [6, 6.07) is 17.6. The van der Waals surface area contributed by atoms with Crippen molar-refractivity contribution in [2.75, 3.05) is 18.0 Å². The molecule has 2 heterocycles. The normalized spacial score (nSPS) is 19.9. The van der Waals surface area contributed by atoms with Crippen molar-refractivity contribution in [1.29, 1.82) is 0 Å². The molecule has 1 atom stereocenters. The van der Waals surface area contributed by atoms with Crippen molar-refractivity contribution >= 4 is 27.5 Å². The molecule has 0 radical (unpaired) electrons. The Morgan fingerprint density at radius 1 is 1.04 bits per heavy atom. The molecule has 0 saturated carbocycles. The van der Waals surface area contributed by atoms with E-state index in [0.717, 1.165) is 36.1 Å². The van der Waals surface area contributed by atoms with Gasteiger partial charge in [-0.2, -0.15) is 0 Å². The summed E-state index contributed by atoms with van der Waals surface area (Å²) in [6.07, 6.45) is 2.65. The average Bonchev–Trinajstić information content (AvgIpc) is 2.97. The molecule has 1 unspecified atom stereocenters. The highest BCUT2D eigenvalue weighted by Crippen LogP contribution is 2.34. The molecule has 0 N–H and O–H groups in total. The Hall–Kier alpha value is -1.65. The number of hydrogen-bond acceptors (Lipinski definition) is 2. The number of fused-ring (bicyclic) bond motifs is 1. The molecule has 25 heavy (non-hydrogen) atoms. The molecule has 2 aromatic carbocycles. The molecule has 130 valence electrons. The van der Waals surface area contributed by atoms with Crippen LogP contribution in [-0.2, 0) is 11.2 Å². The highest BCUT2D eigenvalue weighted by molar-refractivity contribution is 9.10. The first-order valence-electron chi connectivity index (χ1n) is 9.03. The Morgan fingerprint density at radius 2 is 1.72 bits per heavy atom. The van der Waals surface area contributed by atoms with E-state index >= 15 is 0 Å². The number of carbonyl (C=O) groups is 1. The first-order valence-corrected chi connectivity index (χ1v) is 9.82. The van der Waals surface area contributed by atoms with Gasteiger partial charge in [-0.05, 0) is 49.1 Å². The summed E-state index contributed by atoms with van der Waals surface area (Å²) in [5.74, 6) is 0.264. The predicted octanol–water partition coefficient (Wildman–Crippen LogP) is 4.56. The molecule has 1 amide bonds. The molecule has 0 bridgehead atoms. The van der Waals surface area contributed by atoms with Gasteiger partial charge in [-0.3, -0.25) is 9.69 Å². The molecule has 2 aromatic rings. The van der Waals surface area contributed by atoms with Crippen LogP contribution in [0.25, 0.3) is 0 Å². The highest BCUT2D eigenvalue weighted by atomic mass is 79.9. The van der Waals surface area contributed by atoms with Gasteiger partial charge in [0.1, 0.15) is 0 Å². The van der Waals surface area contributed by atoms with Gasteiger partial charge >= 0.3 is 0 Å². The topological polar surface area (TPSA) is 23.6 Å². The molecule has 4 heteroatoms. The number of amides is 1. The van der Waals surface area contributed by atoms with Gasteiger partial charge < -0.3 is 4.90 Å². The minimum absolute atomic E-state index is 0.264. The van der Waals surface area contributed by atoms with Crippen LogP contribution in [0.2, 0.25) is 0 Å². The molecule has 0 aliphatic carbocycles. The van der Waals surface area contributed by atoms with Crippen LogP contribution in [0.4, 0.5) is 5.69 Å². The van der Waals surface area contributed by atoms with Crippen molar-refractivity contribution in [3.8, 4) is 0 Å². The lowest BCUT2D eigenvalue weighted by Gasteiger charge is -2.39. The summed E-state index contributed by atoms with van der Waals surface area (Å²) >= 11 is 3.50. The summed E-state index contributed by atoms with van der Waals surface area (Å²) in [4.78, 5) is 17.1. The zero-order valence-electron chi connectivity index (χ0n) is 14.5. The monoisotopic (exact) mass is 398 g/mol. The lowest BCUT2D eigenvalue weighted by atomic mass is 9.99. The number of piperidine rings is 1. The van der Waals surface area contributed by atoms with Gasteiger partial charge in [0.05, 0.1) is 6.42 Å². The maximum atomic E-state index is 12.5. The Morgan fingerprint density at radius 3 is 2.44 bits per heavy atom. The van der Waals surface area contributed by atoms with Crippen molar-refractivity contribution in [2.24, 2.45) is 0 Å². The second kappa shape index (κ2) is 6.93. The number of carbonyl (C=O) groups excluding carboxylic acids is 1. The van der Waals surface area contributed by atoms with Crippen LogP contribution in [-0.4, -0.2) is 29.9 Å². The number of rotatable bonds is 3. The van der Waals surface area contributed by atoms with Gasteiger partial charge in [-0.1, -0.05) is 46.3 Å². The lowest BCUT2D eigenvalue weighted by Crippen LogP contribution is -2.46. The quantitative estimate of drug-likeness (QED) is 0.755. The molecule has 2 aliphatic heterocycles. The Labute approximate surface area is 157 Å². The van der Waals surface area contributed by atoms with Gasteiger partial charge in [0, 0.05) is 35.3 Å². The molecule has 1 saturated heterocycles. The van der Waals surface area contributed by atoms with E-state index in [9.17, 15) is 4.79 Å². The summed E-state index contributed by atoms with van der Waals surface area (Å²) in [7, 11) is 0. The lowest BCUT2D eigenvalue weighted by molar-refractivity contribution is -0.118. The van der Waals surface area contributed by atoms with Crippen LogP contribution < -0.4 is 4.90 Å². The Balaban J connectivity index is 1.43. The van der Waals surface area contributed by atoms with E-state index in [2.05, 4.69) is 69.1 Å². The first-order chi connectivity index (χ1) is 12.1. The standard InChI is InChI=1S/C21H23BrN2O/c1-15(16-6-8-18(22)9-7-16)23-12-10-19(11-13-23)24-20-5-3-2-4-17(20)14-21(24)25/h2-9,15,19H,10-14H2,1H3. The van der Waals surface area contributed by atoms with E-state index in [1.54, 1.807) is 0 Å². The molecule has 2 aliphatic rings. The first kappa shape index (κ1) is 16.8. The summed E-state index contributed by atoms with van der Waals surface area (Å²) in [5.41, 5.74) is 3.66. The van der Waals surface area contributed by atoms with Crippen molar-refractivity contribution in [2.45, 2.75) is 38.3 Å². The third-order valence-corrected chi connectivity index (χ3v) is 6.15. The van der Waals surface area contributed by atoms with Gasteiger partial charge in [0.2, 0.25) is 5.91 Å². The fourth-order valence-electron chi connectivity index (χ4n) is 4.16. The fourth-order valence-corrected chi connectivity index (χ4v) is 4.43. The molecule has 0 aromatic heterocycles. The third-order valence-electron chi connectivity index (χ3n) is 5.63. The van der Waals surface area contributed by atoms with E-state index in [0.29, 0.717) is 18.5 Å². The summed E-state index contributed by atoms with van der Waals surface area (Å²) in [6.45, 7) is 4.35. The number of hydrogen-bond donors (Lipinski definition) is 0. The second-order valence-electron chi connectivity index (χ2n) is 7.06. The molecule has 1 fully saturated rings. The van der Waals surface area contributed by atoms with Crippen LogP contribution >= 0.6 is 15.9 Å². The van der Waals surface area contributed by atoms with Crippen LogP contribution in [0.15, 0.2) is 53.0 Å². The van der Waals surface area contributed by atoms with Crippen LogP contribution in [0.5, 0.6) is 0 Å². The number of para-hydroxylation sites is 1. The van der Waals surface area contributed by atoms with Crippen molar-refractivity contribution in [1.82, 2.24) is 4.90 Å². The highest BCUT2D eigenvalue weighted by Gasteiger charge is 2.35. The summed E-state index contributed by atoms with van der Waals surface area (Å²) in [5, 5.41) is 0. The predicted molar refractivity (Wildman–Crippen MR) is 105 cm³/mol. The van der Waals surface area contributed by atoms with Gasteiger partial charge in [0.25, 0.3) is 0 Å². The number of anilines is 1. The fraction of sp³-hybridized carbons (Fsp3) is 0.381. The second-order valence-corrected chi connectivity index (χ2v) is 7.98. The van der Waals surface area contributed by atoms with Crippen LogP contribution in [0.3, 0.4) is 0 Å². The molecule has 4 rings (SSSR count). The van der Waals surface area contributed by atoms with E-state index < -0.39 is 0 Å². The van der Waals surface area contributed by atoms with Crippen molar-refractivity contribution in [3.05, 3.63) is 64.1 Å². The van der Waals surface area contributed by atoms with Crippen molar-refractivity contribution < 1.29 is 4.79 Å². The SMILES string of the molecule is CC(c1ccc(Br)cc1)N1CCC(N2C(=O)Cc3ccccc32)CC1. The largest absolute Gasteiger partial charge is 0.309 e. The van der Waals surface area contributed by atoms with E-state index in [1.165, 1.54) is 11.1 Å². The van der Waals surface area contributed by atoms with Gasteiger partial charge in [-0.15, -0.1) is 0 Å².